The van der Waals surface area contributed by atoms with Crippen molar-refractivity contribution in [3.8, 4) is 0 Å². The second kappa shape index (κ2) is 4.18. The number of nitrogens with one attached hydrogen (secondary N) is 1. The van der Waals surface area contributed by atoms with E-state index in [1.165, 1.54) is 17.8 Å². The van der Waals surface area contributed by atoms with Gasteiger partial charge in [-0.1, -0.05) is 0 Å². The van der Waals surface area contributed by atoms with Gasteiger partial charge in [0.25, 0.3) is 0 Å². The van der Waals surface area contributed by atoms with Crippen LogP contribution in [0.1, 0.15) is 5.56 Å². The summed E-state index contributed by atoms with van der Waals surface area (Å²) in [6.07, 6.45) is -4.32. The van der Waals surface area contributed by atoms with E-state index in [9.17, 15) is 13.2 Å². The Kier molecular flexibility index (Phi) is 3.03. The van der Waals surface area contributed by atoms with Gasteiger partial charge >= 0.3 is 6.18 Å². The summed E-state index contributed by atoms with van der Waals surface area (Å²) in [4.78, 5) is 0.722. The molecule has 2 nitrogen and oxygen atoms in total. The van der Waals surface area contributed by atoms with Gasteiger partial charge in [-0.15, -0.1) is 11.8 Å². The minimum atomic E-state index is -4.32. The van der Waals surface area contributed by atoms with Crippen LogP contribution in [0.4, 0.5) is 18.9 Å². The maximum atomic E-state index is 12.4. The van der Waals surface area contributed by atoms with Crippen LogP contribution in [0.5, 0.6) is 0 Å². The SMILES string of the molecule is Nc1cc(C(F)(F)F)ccc1SC1CNC1. The first-order chi connectivity index (χ1) is 7.47. The fourth-order valence-electron chi connectivity index (χ4n) is 1.36. The molecule has 0 bridgehead atoms. The summed E-state index contributed by atoms with van der Waals surface area (Å²) in [5, 5.41) is 3.51. The second-order valence-electron chi connectivity index (χ2n) is 3.65. The van der Waals surface area contributed by atoms with Crippen LogP contribution >= 0.6 is 11.8 Å². The Morgan fingerprint density at radius 3 is 2.44 bits per heavy atom. The van der Waals surface area contributed by atoms with E-state index in [-0.39, 0.29) is 5.69 Å². The van der Waals surface area contributed by atoms with Gasteiger partial charge in [0, 0.05) is 28.9 Å². The third-order valence-electron chi connectivity index (χ3n) is 2.37. The van der Waals surface area contributed by atoms with Crippen molar-refractivity contribution in [2.75, 3.05) is 18.8 Å². The van der Waals surface area contributed by atoms with Gasteiger partial charge in [-0.2, -0.15) is 13.2 Å². The van der Waals surface area contributed by atoms with E-state index >= 15 is 0 Å². The molecule has 1 aromatic carbocycles. The molecule has 0 radical (unpaired) electrons. The summed E-state index contributed by atoms with van der Waals surface area (Å²) in [7, 11) is 0. The van der Waals surface area contributed by atoms with Crippen molar-refractivity contribution in [2.45, 2.75) is 16.3 Å². The van der Waals surface area contributed by atoms with Crippen LogP contribution < -0.4 is 11.1 Å². The Morgan fingerprint density at radius 2 is 2.00 bits per heavy atom. The highest BCUT2D eigenvalue weighted by atomic mass is 32.2. The minimum absolute atomic E-state index is 0.201. The van der Waals surface area contributed by atoms with E-state index in [4.69, 9.17) is 5.73 Å². The zero-order chi connectivity index (χ0) is 11.8. The van der Waals surface area contributed by atoms with Crippen molar-refractivity contribution in [3.05, 3.63) is 23.8 Å². The number of anilines is 1. The van der Waals surface area contributed by atoms with Gasteiger partial charge in [-0.05, 0) is 18.2 Å². The summed E-state index contributed by atoms with van der Waals surface area (Å²) >= 11 is 1.52. The van der Waals surface area contributed by atoms with Crippen LogP contribution in [0.15, 0.2) is 23.1 Å². The first-order valence-corrected chi connectivity index (χ1v) is 5.69. The van der Waals surface area contributed by atoms with E-state index in [2.05, 4.69) is 5.32 Å². The van der Waals surface area contributed by atoms with Gasteiger partial charge < -0.3 is 11.1 Å². The number of benzene rings is 1. The van der Waals surface area contributed by atoms with Crippen LogP contribution in [0.2, 0.25) is 0 Å². The number of hydrogen-bond donors (Lipinski definition) is 2. The molecule has 1 heterocycles. The van der Waals surface area contributed by atoms with Crippen LogP contribution in [-0.4, -0.2) is 18.3 Å². The smallest absolute Gasteiger partial charge is 0.398 e. The summed E-state index contributed by atoms with van der Waals surface area (Å²) in [5.74, 6) is 0. The molecule has 0 amide bonds. The molecule has 0 saturated carbocycles. The van der Waals surface area contributed by atoms with Gasteiger partial charge in [0.15, 0.2) is 0 Å². The van der Waals surface area contributed by atoms with Crippen LogP contribution in [0.25, 0.3) is 0 Å². The summed E-state index contributed by atoms with van der Waals surface area (Å²) in [6.45, 7) is 1.76. The number of nitrogens with two attached hydrogens (primary N) is 1. The van der Waals surface area contributed by atoms with Crippen LogP contribution in [-0.2, 0) is 6.18 Å². The lowest BCUT2D eigenvalue weighted by Crippen LogP contribution is -2.44. The first kappa shape index (κ1) is 11.6. The van der Waals surface area contributed by atoms with Crippen molar-refractivity contribution in [2.24, 2.45) is 0 Å². The molecular weight excluding hydrogens is 237 g/mol. The van der Waals surface area contributed by atoms with Crippen molar-refractivity contribution < 1.29 is 13.2 Å². The lowest BCUT2D eigenvalue weighted by Gasteiger charge is -2.26. The second-order valence-corrected chi connectivity index (χ2v) is 4.99. The molecule has 1 aliphatic rings. The average Bonchev–Trinajstić information content (AvgIpc) is 2.11. The molecule has 16 heavy (non-hydrogen) atoms. The van der Waals surface area contributed by atoms with Gasteiger partial charge in [-0.3, -0.25) is 0 Å². The number of alkyl halides is 3. The maximum Gasteiger partial charge on any atom is 0.416 e. The third kappa shape index (κ3) is 2.44. The molecule has 0 aromatic heterocycles. The highest BCUT2D eigenvalue weighted by Gasteiger charge is 2.31. The fourth-order valence-corrected chi connectivity index (χ4v) is 2.46. The van der Waals surface area contributed by atoms with E-state index in [0.717, 1.165) is 30.1 Å². The molecule has 3 N–H and O–H groups in total. The number of thioether (sulfide) groups is 1. The highest BCUT2D eigenvalue weighted by molar-refractivity contribution is 8.00. The van der Waals surface area contributed by atoms with Crippen LogP contribution in [0.3, 0.4) is 0 Å². The molecule has 0 unspecified atom stereocenters. The zero-order valence-corrected chi connectivity index (χ0v) is 9.16. The third-order valence-corrected chi connectivity index (χ3v) is 3.67. The van der Waals surface area contributed by atoms with Crippen LogP contribution in [0, 0.1) is 0 Å². The van der Waals surface area contributed by atoms with Crippen molar-refractivity contribution in [1.29, 1.82) is 0 Å². The minimum Gasteiger partial charge on any atom is -0.398 e. The first-order valence-electron chi connectivity index (χ1n) is 4.81. The largest absolute Gasteiger partial charge is 0.416 e. The summed E-state index contributed by atoms with van der Waals surface area (Å²) < 4.78 is 37.1. The van der Waals surface area contributed by atoms with Crippen molar-refractivity contribution in [1.82, 2.24) is 5.32 Å². The predicted molar refractivity (Wildman–Crippen MR) is 58.4 cm³/mol. The molecule has 6 heteroatoms. The lowest BCUT2D eigenvalue weighted by molar-refractivity contribution is -0.137. The molecule has 1 aliphatic heterocycles. The fraction of sp³-hybridized carbons (Fsp3) is 0.400. The Hall–Kier alpha value is -0.880. The molecule has 0 aliphatic carbocycles. The molecule has 1 aromatic rings. The number of hydrogen-bond acceptors (Lipinski definition) is 3. The van der Waals surface area contributed by atoms with E-state index < -0.39 is 11.7 Å². The van der Waals surface area contributed by atoms with E-state index in [0.29, 0.717) is 5.25 Å². The number of halogens is 3. The van der Waals surface area contributed by atoms with E-state index in [1.807, 2.05) is 0 Å². The summed E-state index contributed by atoms with van der Waals surface area (Å²) in [6, 6.07) is 3.51. The molecule has 0 atom stereocenters. The molecule has 1 saturated heterocycles. The molecule has 0 spiro atoms. The number of rotatable bonds is 2. The highest BCUT2D eigenvalue weighted by Crippen LogP contribution is 2.36. The van der Waals surface area contributed by atoms with Gasteiger partial charge in [0.1, 0.15) is 0 Å². The Morgan fingerprint density at radius 1 is 1.31 bits per heavy atom. The molecule has 1 fully saturated rings. The Bertz CT molecular complexity index is 388. The normalized spacial score (nSPS) is 17.2. The Labute approximate surface area is 95.4 Å². The maximum absolute atomic E-state index is 12.4. The van der Waals surface area contributed by atoms with Gasteiger partial charge in [0.2, 0.25) is 0 Å². The average molecular weight is 248 g/mol. The standard InChI is InChI=1S/C10H11F3N2S/c11-10(12,13)6-1-2-9(8(14)3-6)16-7-4-15-5-7/h1-3,7,15H,4-5,14H2. The van der Waals surface area contributed by atoms with E-state index in [1.54, 1.807) is 0 Å². The monoisotopic (exact) mass is 248 g/mol. The van der Waals surface area contributed by atoms with Crippen molar-refractivity contribution >= 4 is 17.4 Å². The topological polar surface area (TPSA) is 38.0 Å². The quantitative estimate of drug-likeness (QED) is 0.789. The molecule has 88 valence electrons. The molecular formula is C10H11F3N2S. The summed E-state index contributed by atoms with van der Waals surface area (Å²) in [5.41, 5.74) is 5.11. The van der Waals surface area contributed by atoms with Crippen molar-refractivity contribution in [3.63, 3.8) is 0 Å². The lowest BCUT2D eigenvalue weighted by atomic mass is 10.2. The predicted octanol–water partition coefficient (Wildman–Crippen LogP) is 2.35. The van der Waals surface area contributed by atoms with Gasteiger partial charge in [0.05, 0.1) is 5.56 Å². The zero-order valence-electron chi connectivity index (χ0n) is 8.34. The van der Waals surface area contributed by atoms with Gasteiger partial charge in [-0.25, -0.2) is 0 Å². The Balaban J connectivity index is 2.15. The number of nitrogen functional groups attached to an aromatic ring is 1. The molecule has 2 rings (SSSR count).